The highest BCUT2D eigenvalue weighted by Gasteiger charge is 2.37. The summed E-state index contributed by atoms with van der Waals surface area (Å²) in [7, 11) is 1.70. The van der Waals surface area contributed by atoms with Crippen LogP contribution >= 0.6 is 11.6 Å². The highest BCUT2D eigenvalue weighted by atomic mass is 35.5. The topological polar surface area (TPSA) is 66.3 Å². The van der Waals surface area contributed by atoms with E-state index in [9.17, 15) is 5.11 Å². The minimum atomic E-state index is -0.528. The van der Waals surface area contributed by atoms with Gasteiger partial charge in [-0.2, -0.15) is 0 Å². The fraction of sp³-hybridized carbons (Fsp3) is 0.941. The van der Waals surface area contributed by atoms with E-state index >= 15 is 0 Å². The van der Waals surface area contributed by atoms with E-state index in [1.807, 2.05) is 0 Å². The Kier molecular flexibility index (Phi) is 8.76. The Hall–Kier alpha value is -0.400. The largest absolute Gasteiger partial charge is 0.392 e. The third-order valence-corrected chi connectivity index (χ3v) is 5.58. The summed E-state index contributed by atoms with van der Waals surface area (Å²) in [4.78, 5) is 7.66. The van der Waals surface area contributed by atoms with Gasteiger partial charge in [0.2, 0.25) is 0 Å². The third-order valence-electron chi connectivity index (χ3n) is 5.11. The molecule has 0 spiro atoms. The summed E-state index contributed by atoms with van der Waals surface area (Å²) in [6.07, 6.45) is 5.89. The summed E-state index contributed by atoms with van der Waals surface area (Å²) >= 11 is 6.48. The molecule has 0 aromatic rings. The van der Waals surface area contributed by atoms with E-state index in [-0.39, 0.29) is 12.0 Å². The molecule has 2 heterocycles. The average Bonchev–Trinajstić information content (AvgIpc) is 2.61. The van der Waals surface area contributed by atoms with E-state index < -0.39 is 6.10 Å². The molecule has 0 bridgehead atoms. The lowest BCUT2D eigenvalue weighted by Gasteiger charge is -2.36. The fourth-order valence-electron chi connectivity index (χ4n) is 3.53. The standard InChI is InChI=1S/C17H32ClN3O3/c1-23-12-7-17(5-8-19-9-6-17)16(18)20-24-14-15(22)13-21-10-3-2-4-11-21/h15,19,22H,2-14H2,1H3/b20-16-. The van der Waals surface area contributed by atoms with Crippen molar-refractivity contribution in [1.82, 2.24) is 10.2 Å². The summed E-state index contributed by atoms with van der Waals surface area (Å²) in [6.45, 7) is 5.46. The number of ether oxygens (including phenoxy) is 1. The maximum absolute atomic E-state index is 10.1. The predicted molar refractivity (Wildman–Crippen MR) is 96.6 cm³/mol. The second-order valence-electron chi connectivity index (χ2n) is 6.97. The van der Waals surface area contributed by atoms with Gasteiger partial charge in [-0.1, -0.05) is 23.2 Å². The van der Waals surface area contributed by atoms with E-state index in [0.717, 1.165) is 45.4 Å². The molecule has 140 valence electrons. The summed E-state index contributed by atoms with van der Waals surface area (Å²) in [5.41, 5.74) is -0.166. The number of nitrogens with zero attached hydrogens (tertiary/aromatic N) is 2. The summed E-state index contributed by atoms with van der Waals surface area (Å²) < 4.78 is 5.23. The van der Waals surface area contributed by atoms with Crippen LogP contribution < -0.4 is 5.32 Å². The molecule has 7 heteroatoms. The molecule has 0 amide bonds. The molecule has 2 saturated heterocycles. The van der Waals surface area contributed by atoms with Gasteiger partial charge in [0, 0.05) is 25.7 Å². The van der Waals surface area contributed by atoms with E-state index in [2.05, 4.69) is 15.4 Å². The summed E-state index contributed by atoms with van der Waals surface area (Å²) in [6, 6.07) is 0. The maximum atomic E-state index is 10.1. The van der Waals surface area contributed by atoms with E-state index in [1.165, 1.54) is 19.3 Å². The number of β-amino-alcohol motifs (C(OH)–C–C–N with tert-alkyl or cyclic N) is 1. The molecule has 0 saturated carbocycles. The minimum Gasteiger partial charge on any atom is -0.392 e. The molecule has 0 radical (unpaired) electrons. The molecule has 2 rings (SSSR count). The van der Waals surface area contributed by atoms with Gasteiger partial charge in [-0.3, -0.25) is 0 Å². The van der Waals surface area contributed by atoms with Crippen LogP contribution in [0.1, 0.15) is 38.5 Å². The van der Waals surface area contributed by atoms with E-state index in [1.54, 1.807) is 7.11 Å². The Balaban J connectivity index is 1.79. The van der Waals surface area contributed by atoms with Crippen LogP contribution in [-0.4, -0.2) is 74.3 Å². The molecule has 2 aliphatic rings. The van der Waals surface area contributed by atoms with Gasteiger partial charge in [-0.05, 0) is 58.3 Å². The molecular formula is C17H32ClN3O3. The number of hydrogen-bond acceptors (Lipinski definition) is 6. The number of hydrogen-bond donors (Lipinski definition) is 2. The molecular weight excluding hydrogens is 330 g/mol. The van der Waals surface area contributed by atoms with Gasteiger partial charge in [-0.25, -0.2) is 0 Å². The van der Waals surface area contributed by atoms with E-state index in [0.29, 0.717) is 18.3 Å². The summed E-state index contributed by atoms with van der Waals surface area (Å²) in [5, 5.41) is 18.1. The Morgan fingerprint density at radius 1 is 1.29 bits per heavy atom. The molecule has 2 aliphatic heterocycles. The lowest BCUT2D eigenvalue weighted by atomic mass is 9.77. The van der Waals surface area contributed by atoms with Gasteiger partial charge in [0.15, 0.2) is 5.17 Å². The van der Waals surface area contributed by atoms with Crippen molar-refractivity contribution < 1.29 is 14.7 Å². The van der Waals surface area contributed by atoms with Crippen molar-refractivity contribution in [1.29, 1.82) is 0 Å². The van der Waals surface area contributed by atoms with Crippen LogP contribution in [0.5, 0.6) is 0 Å². The third kappa shape index (κ3) is 6.15. The Morgan fingerprint density at radius 2 is 2.00 bits per heavy atom. The number of likely N-dealkylation sites (tertiary alicyclic amines) is 1. The van der Waals surface area contributed by atoms with Gasteiger partial charge in [-0.15, -0.1) is 0 Å². The van der Waals surface area contributed by atoms with Gasteiger partial charge in [0.25, 0.3) is 0 Å². The second kappa shape index (κ2) is 10.6. The molecule has 1 unspecified atom stereocenters. The molecule has 6 nitrogen and oxygen atoms in total. The monoisotopic (exact) mass is 361 g/mol. The first-order valence-electron chi connectivity index (χ1n) is 9.12. The van der Waals surface area contributed by atoms with Crippen molar-refractivity contribution in [2.45, 2.75) is 44.6 Å². The van der Waals surface area contributed by atoms with Crippen LogP contribution in [0.2, 0.25) is 0 Å². The number of oxime groups is 1. The van der Waals surface area contributed by atoms with E-state index in [4.69, 9.17) is 21.2 Å². The lowest BCUT2D eigenvalue weighted by Crippen LogP contribution is -2.41. The van der Waals surface area contributed by atoms with Crippen molar-refractivity contribution in [3.63, 3.8) is 0 Å². The summed E-state index contributed by atoms with van der Waals surface area (Å²) in [5.74, 6) is 0. The Morgan fingerprint density at radius 3 is 2.67 bits per heavy atom. The first kappa shape index (κ1) is 19.9. The van der Waals surface area contributed by atoms with Gasteiger partial charge < -0.3 is 24.9 Å². The number of rotatable bonds is 9. The number of aliphatic hydroxyl groups is 1. The first-order chi connectivity index (χ1) is 11.7. The Labute approximate surface area is 150 Å². The quantitative estimate of drug-likeness (QED) is 0.484. The van der Waals surface area contributed by atoms with Crippen LogP contribution in [0.15, 0.2) is 5.16 Å². The van der Waals surface area contributed by atoms with Crippen molar-refractivity contribution in [3.05, 3.63) is 0 Å². The van der Waals surface area contributed by atoms with Gasteiger partial charge >= 0.3 is 0 Å². The fourth-order valence-corrected chi connectivity index (χ4v) is 3.86. The SMILES string of the molecule is COCCC1(/C(Cl)=N/OCC(O)CN2CCCCC2)CCNCC1. The number of aliphatic hydroxyl groups excluding tert-OH is 1. The highest BCUT2D eigenvalue weighted by Crippen LogP contribution is 2.36. The molecule has 0 aromatic heterocycles. The number of nitrogens with one attached hydrogen (secondary N) is 1. The maximum Gasteiger partial charge on any atom is 0.151 e. The molecule has 0 aliphatic carbocycles. The molecule has 2 N–H and O–H groups in total. The molecule has 2 fully saturated rings. The minimum absolute atomic E-state index is 0.166. The highest BCUT2D eigenvalue weighted by molar-refractivity contribution is 6.66. The molecule has 0 aromatic carbocycles. The number of methoxy groups -OCH3 is 1. The van der Waals surface area contributed by atoms with Crippen LogP contribution in [0.4, 0.5) is 0 Å². The van der Waals surface area contributed by atoms with Crippen molar-refractivity contribution in [2.75, 3.05) is 53.0 Å². The van der Waals surface area contributed by atoms with Crippen LogP contribution in [0.3, 0.4) is 0 Å². The van der Waals surface area contributed by atoms with Crippen LogP contribution in [0, 0.1) is 5.41 Å². The first-order valence-corrected chi connectivity index (χ1v) is 9.50. The smallest absolute Gasteiger partial charge is 0.151 e. The lowest BCUT2D eigenvalue weighted by molar-refractivity contribution is 0.0146. The van der Waals surface area contributed by atoms with Crippen LogP contribution in [0.25, 0.3) is 0 Å². The van der Waals surface area contributed by atoms with Crippen LogP contribution in [-0.2, 0) is 9.57 Å². The zero-order chi connectivity index (χ0) is 17.3. The Bertz CT molecular complexity index is 383. The van der Waals surface area contributed by atoms with Gasteiger partial charge in [0.1, 0.15) is 12.7 Å². The van der Waals surface area contributed by atoms with Crippen molar-refractivity contribution in [2.24, 2.45) is 10.6 Å². The molecule has 24 heavy (non-hydrogen) atoms. The predicted octanol–water partition coefficient (Wildman–Crippen LogP) is 1.81. The number of halogens is 1. The number of piperidine rings is 2. The normalized spacial score (nSPS) is 23.9. The van der Waals surface area contributed by atoms with Crippen molar-refractivity contribution >= 4 is 16.8 Å². The average molecular weight is 362 g/mol. The molecule has 1 atom stereocenters. The van der Waals surface area contributed by atoms with Gasteiger partial charge in [0.05, 0.1) is 0 Å². The second-order valence-corrected chi connectivity index (χ2v) is 7.32. The zero-order valence-corrected chi connectivity index (χ0v) is 15.6. The zero-order valence-electron chi connectivity index (χ0n) is 14.8. The van der Waals surface area contributed by atoms with Crippen molar-refractivity contribution in [3.8, 4) is 0 Å².